The lowest BCUT2D eigenvalue weighted by Gasteiger charge is -2.07. The normalized spacial score (nSPS) is 10.0. The summed E-state index contributed by atoms with van der Waals surface area (Å²) in [5.41, 5.74) is 0.711. The largest absolute Gasteiger partial charge is 0.462 e. The molecule has 0 saturated carbocycles. The van der Waals surface area contributed by atoms with Crippen molar-refractivity contribution in [2.75, 3.05) is 6.61 Å². The fraction of sp³-hybridized carbons (Fsp3) is 0.300. The first-order chi connectivity index (χ1) is 6.57. The minimum absolute atomic E-state index is 0.105. The van der Waals surface area contributed by atoms with Gasteiger partial charge in [-0.05, 0) is 25.5 Å². The minimum atomic E-state index is -0.611. The lowest BCUT2D eigenvalue weighted by atomic mass is 10.1. The molecule has 0 spiro atoms. The van der Waals surface area contributed by atoms with E-state index in [1.54, 1.807) is 13.8 Å². The summed E-state index contributed by atoms with van der Waals surface area (Å²) in [6, 6.07) is 2.72. The number of ether oxygens (including phenoxy) is 1. The molecule has 0 saturated heterocycles. The molecule has 1 rings (SSSR count). The van der Waals surface area contributed by atoms with Crippen LogP contribution in [0.4, 0.5) is 4.39 Å². The highest BCUT2D eigenvalue weighted by molar-refractivity contribution is 6.33. The highest BCUT2D eigenvalue weighted by Gasteiger charge is 2.17. The molecule has 0 amide bonds. The Balaban J connectivity index is 3.18. The van der Waals surface area contributed by atoms with E-state index in [2.05, 4.69) is 0 Å². The van der Waals surface area contributed by atoms with Crippen molar-refractivity contribution in [3.05, 3.63) is 34.1 Å². The van der Waals surface area contributed by atoms with E-state index in [9.17, 15) is 9.18 Å². The molecular formula is C10H10ClFO2. The van der Waals surface area contributed by atoms with Gasteiger partial charge in [-0.2, -0.15) is 0 Å². The zero-order valence-corrected chi connectivity index (χ0v) is 8.69. The van der Waals surface area contributed by atoms with Gasteiger partial charge in [0.1, 0.15) is 5.82 Å². The quantitative estimate of drug-likeness (QED) is 0.711. The number of carbonyl (C=O) groups is 1. The van der Waals surface area contributed by atoms with Crippen LogP contribution < -0.4 is 0 Å². The van der Waals surface area contributed by atoms with Crippen molar-refractivity contribution >= 4 is 17.6 Å². The fourth-order valence-corrected chi connectivity index (χ4v) is 1.39. The van der Waals surface area contributed by atoms with Crippen LogP contribution in [0.1, 0.15) is 22.8 Å². The van der Waals surface area contributed by atoms with Gasteiger partial charge in [0, 0.05) is 0 Å². The van der Waals surface area contributed by atoms with Crippen LogP contribution in [-0.2, 0) is 4.74 Å². The minimum Gasteiger partial charge on any atom is -0.462 e. The summed E-state index contributed by atoms with van der Waals surface area (Å²) in [5, 5.41) is -0.177. The number of hydrogen-bond acceptors (Lipinski definition) is 2. The van der Waals surface area contributed by atoms with E-state index in [1.165, 1.54) is 12.1 Å². The maximum absolute atomic E-state index is 13.0. The van der Waals surface area contributed by atoms with E-state index in [0.717, 1.165) is 0 Å². The van der Waals surface area contributed by atoms with Gasteiger partial charge >= 0.3 is 5.97 Å². The zero-order valence-electron chi connectivity index (χ0n) is 7.93. The van der Waals surface area contributed by atoms with Crippen molar-refractivity contribution in [3.63, 3.8) is 0 Å². The number of halogens is 2. The molecule has 1 aromatic rings. The van der Waals surface area contributed by atoms with Crippen LogP contribution in [0.15, 0.2) is 12.1 Å². The molecule has 76 valence electrons. The first-order valence-electron chi connectivity index (χ1n) is 4.19. The standard InChI is InChI=1S/C10H10ClFO2/c1-3-14-10(13)8-6(2)4-5-7(12)9(8)11/h4-5H,3H2,1-2H3. The number of carbonyl (C=O) groups excluding carboxylic acids is 1. The van der Waals surface area contributed by atoms with Crippen molar-refractivity contribution in [3.8, 4) is 0 Å². The first kappa shape index (κ1) is 11.0. The molecule has 0 aliphatic carbocycles. The lowest BCUT2D eigenvalue weighted by molar-refractivity contribution is 0.0525. The van der Waals surface area contributed by atoms with Gasteiger partial charge in [0.2, 0.25) is 0 Å². The highest BCUT2D eigenvalue weighted by Crippen LogP contribution is 2.23. The lowest BCUT2D eigenvalue weighted by Crippen LogP contribution is -2.08. The Morgan fingerprint density at radius 2 is 2.21 bits per heavy atom. The third-order valence-electron chi connectivity index (χ3n) is 1.78. The predicted octanol–water partition coefficient (Wildman–Crippen LogP) is 2.96. The molecule has 0 heterocycles. The Morgan fingerprint density at radius 3 is 2.79 bits per heavy atom. The average molecular weight is 217 g/mol. The van der Waals surface area contributed by atoms with E-state index >= 15 is 0 Å². The topological polar surface area (TPSA) is 26.3 Å². The van der Waals surface area contributed by atoms with Crippen LogP contribution in [-0.4, -0.2) is 12.6 Å². The molecule has 0 aromatic heterocycles. The van der Waals surface area contributed by atoms with Crippen LogP contribution >= 0.6 is 11.6 Å². The van der Waals surface area contributed by atoms with Crippen LogP contribution in [0.5, 0.6) is 0 Å². The van der Waals surface area contributed by atoms with E-state index in [0.29, 0.717) is 5.56 Å². The van der Waals surface area contributed by atoms with Crippen LogP contribution in [0.3, 0.4) is 0 Å². The second kappa shape index (κ2) is 4.42. The summed E-state index contributed by atoms with van der Waals surface area (Å²) in [7, 11) is 0. The van der Waals surface area contributed by atoms with Crippen LogP contribution in [0.2, 0.25) is 5.02 Å². The van der Waals surface area contributed by atoms with Gasteiger partial charge in [-0.3, -0.25) is 0 Å². The van der Waals surface area contributed by atoms with Gasteiger partial charge in [0.05, 0.1) is 17.2 Å². The smallest absolute Gasteiger partial charge is 0.340 e. The SMILES string of the molecule is CCOC(=O)c1c(C)ccc(F)c1Cl. The maximum atomic E-state index is 13.0. The summed E-state index contributed by atoms with van der Waals surface area (Å²) in [4.78, 5) is 11.4. The van der Waals surface area contributed by atoms with Crippen molar-refractivity contribution in [2.24, 2.45) is 0 Å². The highest BCUT2D eigenvalue weighted by atomic mass is 35.5. The van der Waals surface area contributed by atoms with Gasteiger partial charge in [0.15, 0.2) is 0 Å². The van der Waals surface area contributed by atoms with Crippen molar-refractivity contribution < 1.29 is 13.9 Å². The van der Waals surface area contributed by atoms with Crippen molar-refractivity contribution in [1.29, 1.82) is 0 Å². The molecule has 14 heavy (non-hydrogen) atoms. The molecule has 0 unspecified atom stereocenters. The van der Waals surface area contributed by atoms with Gasteiger partial charge in [-0.1, -0.05) is 17.7 Å². The molecule has 2 nitrogen and oxygen atoms in total. The Labute approximate surface area is 86.6 Å². The van der Waals surface area contributed by atoms with E-state index in [1.807, 2.05) is 0 Å². The van der Waals surface area contributed by atoms with E-state index in [-0.39, 0.29) is 17.2 Å². The Hall–Kier alpha value is -1.09. The maximum Gasteiger partial charge on any atom is 0.340 e. The Kier molecular flexibility index (Phi) is 3.47. The predicted molar refractivity (Wildman–Crippen MR) is 52.1 cm³/mol. The number of hydrogen-bond donors (Lipinski definition) is 0. The first-order valence-corrected chi connectivity index (χ1v) is 4.57. The molecule has 0 fully saturated rings. The number of benzene rings is 1. The Morgan fingerprint density at radius 1 is 1.57 bits per heavy atom. The third-order valence-corrected chi connectivity index (χ3v) is 2.15. The molecule has 0 N–H and O–H groups in total. The van der Waals surface area contributed by atoms with Gasteiger partial charge in [-0.15, -0.1) is 0 Å². The summed E-state index contributed by atoms with van der Waals surface area (Å²) in [6.07, 6.45) is 0. The molecule has 1 aromatic carbocycles. The van der Waals surface area contributed by atoms with E-state index < -0.39 is 11.8 Å². The van der Waals surface area contributed by atoms with Gasteiger partial charge in [0.25, 0.3) is 0 Å². The summed E-state index contributed by atoms with van der Waals surface area (Å²) < 4.78 is 17.8. The molecule has 0 bridgehead atoms. The zero-order chi connectivity index (χ0) is 10.7. The summed E-state index contributed by atoms with van der Waals surface area (Å²) >= 11 is 5.65. The number of aryl methyl sites for hydroxylation is 1. The van der Waals surface area contributed by atoms with Gasteiger partial charge < -0.3 is 4.74 Å². The van der Waals surface area contributed by atoms with Crippen LogP contribution in [0.25, 0.3) is 0 Å². The molecular weight excluding hydrogens is 207 g/mol. The number of esters is 1. The van der Waals surface area contributed by atoms with Crippen molar-refractivity contribution in [2.45, 2.75) is 13.8 Å². The molecule has 0 radical (unpaired) electrons. The summed E-state index contributed by atoms with van der Waals surface area (Å²) in [6.45, 7) is 3.60. The Bertz CT molecular complexity index is 363. The van der Waals surface area contributed by atoms with E-state index in [4.69, 9.17) is 16.3 Å². The molecule has 0 aliphatic heterocycles. The molecule has 4 heteroatoms. The molecule has 0 aliphatic rings. The third kappa shape index (κ3) is 2.04. The molecule has 0 atom stereocenters. The second-order valence-corrected chi connectivity index (χ2v) is 3.15. The second-order valence-electron chi connectivity index (χ2n) is 2.77. The van der Waals surface area contributed by atoms with Crippen LogP contribution in [0, 0.1) is 12.7 Å². The number of rotatable bonds is 2. The van der Waals surface area contributed by atoms with Gasteiger partial charge in [-0.25, -0.2) is 9.18 Å². The fourth-order valence-electron chi connectivity index (χ4n) is 1.10. The van der Waals surface area contributed by atoms with Crippen molar-refractivity contribution in [1.82, 2.24) is 0 Å². The summed E-state index contributed by atoms with van der Waals surface area (Å²) in [5.74, 6) is -1.20. The average Bonchev–Trinajstić information content (AvgIpc) is 2.13. The monoisotopic (exact) mass is 216 g/mol.